The van der Waals surface area contributed by atoms with Crippen LogP contribution in [-0.4, -0.2) is 9.55 Å². The van der Waals surface area contributed by atoms with E-state index in [-0.39, 0.29) is 5.69 Å². The molecule has 1 aliphatic carbocycles. The molecule has 1 saturated carbocycles. The van der Waals surface area contributed by atoms with Crippen LogP contribution in [0.2, 0.25) is 0 Å². The summed E-state index contributed by atoms with van der Waals surface area (Å²) in [6.07, 6.45) is 2.46. The van der Waals surface area contributed by atoms with E-state index in [1.54, 1.807) is 11.3 Å². The van der Waals surface area contributed by atoms with Gasteiger partial charge in [0.15, 0.2) is 0 Å². The van der Waals surface area contributed by atoms with Crippen molar-refractivity contribution in [1.82, 2.24) is 9.55 Å². The second kappa shape index (κ2) is 5.06. The van der Waals surface area contributed by atoms with Gasteiger partial charge in [-0.3, -0.25) is 4.57 Å². The SMILES string of the molecule is Cc1cc2c(-c3cccs3)nc(=O)n(CC3CC3)c2cc1C. The Hall–Kier alpha value is -1.94. The minimum absolute atomic E-state index is 0.119. The number of fused-ring (bicyclic) bond motifs is 1. The molecule has 3 nitrogen and oxygen atoms in total. The fourth-order valence-corrected chi connectivity index (χ4v) is 3.60. The van der Waals surface area contributed by atoms with Gasteiger partial charge in [0.2, 0.25) is 0 Å². The first-order valence-corrected chi connectivity index (χ1v) is 8.57. The molecule has 4 heteroatoms. The number of benzene rings is 1. The molecular weight excluding hydrogens is 292 g/mol. The molecule has 0 aliphatic heterocycles. The predicted octanol–water partition coefficient (Wildman–Crippen LogP) is 4.15. The molecule has 0 unspecified atom stereocenters. The Morgan fingerprint density at radius 2 is 2.05 bits per heavy atom. The zero-order chi connectivity index (χ0) is 15.3. The van der Waals surface area contributed by atoms with Crippen molar-refractivity contribution in [2.75, 3.05) is 0 Å². The second-order valence-corrected chi connectivity index (χ2v) is 7.18. The lowest BCUT2D eigenvalue weighted by molar-refractivity contribution is 0.614. The van der Waals surface area contributed by atoms with Crippen molar-refractivity contribution in [3.05, 3.63) is 51.3 Å². The molecule has 0 spiro atoms. The fourth-order valence-electron chi connectivity index (χ4n) is 2.87. The Morgan fingerprint density at radius 1 is 1.27 bits per heavy atom. The van der Waals surface area contributed by atoms with Gasteiger partial charge in [-0.05, 0) is 67.3 Å². The zero-order valence-electron chi connectivity index (χ0n) is 12.8. The minimum Gasteiger partial charge on any atom is -0.292 e. The van der Waals surface area contributed by atoms with Crippen molar-refractivity contribution < 1.29 is 0 Å². The van der Waals surface area contributed by atoms with E-state index < -0.39 is 0 Å². The van der Waals surface area contributed by atoms with Crippen LogP contribution >= 0.6 is 11.3 Å². The Morgan fingerprint density at radius 3 is 2.73 bits per heavy atom. The average molecular weight is 310 g/mol. The summed E-state index contributed by atoms with van der Waals surface area (Å²) < 4.78 is 1.87. The van der Waals surface area contributed by atoms with E-state index in [4.69, 9.17) is 0 Å². The fraction of sp³-hybridized carbons (Fsp3) is 0.333. The Kier molecular flexibility index (Phi) is 3.15. The van der Waals surface area contributed by atoms with Gasteiger partial charge in [-0.2, -0.15) is 4.98 Å². The summed E-state index contributed by atoms with van der Waals surface area (Å²) in [6.45, 7) is 5.02. The van der Waals surface area contributed by atoms with Crippen molar-refractivity contribution >= 4 is 22.2 Å². The van der Waals surface area contributed by atoms with E-state index in [2.05, 4.69) is 31.0 Å². The summed E-state index contributed by atoms with van der Waals surface area (Å²) in [4.78, 5) is 18.0. The summed E-state index contributed by atoms with van der Waals surface area (Å²) >= 11 is 1.63. The normalized spacial score (nSPS) is 14.6. The van der Waals surface area contributed by atoms with E-state index in [0.717, 1.165) is 28.0 Å². The summed E-state index contributed by atoms with van der Waals surface area (Å²) in [5.41, 5.74) is 4.19. The van der Waals surface area contributed by atoms with Crippen LogP contribution in [-0.2, 0) is 6.54 Å². The molecule has 1 aliphatic rings. The number of thiophene rings is 1. The number of nitrogens with zero attached hydrogens (tertiary/aromatic N) is 2. The van der Waals surface area contributed by atoms with Gasteiger partial charge in [0, 0.05) is 11.9 Å². The van der Waals surface area contributed by atoms with E-state index in [0.29, 0.717) is 5.92 Å². The molecule has 0 amide bonds. The maximum atomic E-state index is 12.6. The quantitative estimate of drug-likeness (QED) is 0.728. The molecule has 1 fully saturated rings. The molecule has 3 aromatic rings. The topological polar surface area (TPSA) is 34.9 Å². The Bertz CT molecular complexity index is 905. The molecule has 0 bridgehead atoms. The standard InChI is InChI=1S/C18H18N2OS/c1-11-8-14-15(9-12(11)2)20(10-13-5-6-13)18(21)19-17(14)16-4-3-7-22-16/h3-4,7-9,13H,5-6,10H2,1-2H3. The Balaban J connectivity index is 2.05. The first-order chi connectivity index (χ1) is 10.6. The highest BCUT2D eigenvalue weighted by atomic mass is 32.1. The molecule has 2 heterocycles. The van der Waals surface area contributed by atoms with Crippen molar-refractivity contribution in [1.29, 1.82) is 0 Å². The number of rotatable bonds is 3. The van der Waals surface area contributed by atoms with Gasteiger partial charge in [-0.25, -0.2) is 4.79 Å². The van der Waals surface area contributed by atoms with Crippen LogP contribution in [0.15, 0.2) is 34.4 Å². The van der Waals surface area contributed by atoms with Crippen LogP contribution in [0.1, 0.15) is 24.0 Å². The number of hydrogen-bond acceptors (Lipinski definition) is 3. The minimum atomic E-state index is -0.119. The van der Waals surface area contributed by atoms with Crippen molar-refractivity contribution in [3.63, 3.8) is 0 Å². The van der Waals surface area contributed by atoms with Gasteiger partial charge < -0.3 is 0 Å². The number of hydrogen-bond donors (Lipinski definition) is 0. The van der Waals surface area contributed by atoms with Crippen LogP contribution in [0, 0.1) is 19.8 Å². The lowest BCUT2D eigenvalue weighted by Crippen LogP contribution is -2.25. The highest BCUT2D eigenvalue weighted by molar-refractivity contribution is 7.13. The van der Waals surface area contributed by atoms with Gasteiger partial charge in [-0.15, -0.1) is 11.3 Å². The lowest BCUT2D eigenvalue weighted by atomic mass is 10.0. The molecule has 1 aromatic carbocycles. The lowest BCUT2D eigenvalue weighted by Gasteiger charge is -2.14. The van der Waals surface area contributed by atoms with Crippen molar-refractivity contribution in [2.45, 2.75) is 33.2 Å². The third-order valence-corrected chi connectivity index (χ3v) is 5.37. The molecule has 0 atom stereocenters. The molecule has 4 rings (SSSR count). The molecule has 22 heavy (non-hydrogen) atoms. The van der Waals surface area contributed by atoms with Crippen LogP contribution in [0.5, 0.6) is 0 Å². The maximum absolute atomic E-state index is 12.6. The van der Waals surface area contributed by atoms with E-state index in [1.807, 2.05) is 22.1 Å². The molecule has 112 valence electrons. The molecule has 2 aromatic heterocycles. The largest absolute Gasteiger partial charge is 0.348 e. The third-order valence-electron chi connectivity index (χ3n) is 4.49. The first-order valence-electron chi connectivity index (χ1n) is 7.69. The van der Waals surface area contributed by atoms with Gasteiger partial charge in [0.1, 0.15) is 0 Å². The number of aryl methyl sites for hydroxylation is 2. The van der Waals surface area contributed by atoms with Gasteiger partial charge in [-0.1, -0.05) is 6.07 Å². The second-order valence-electron chi connectivity index (χ2n) is 6.23. The van der Waals surface area contributed by atoms with Crippen molar-refractivity contribution in [3.8, 4) is 10.6 Å². The summed E-state index contributed by atoms with van der Waals surface area (Å²) in [5.74, 6) is 0.650. The molecule has 0 radical (unpaired) electrons. The van der Waals surface area contributed by atoms with E-state index in [1.165, 1.54) is 24.0 Å². The highest BCUT2D eigenvalue weighted by Gasteiger charge is 2.24. The zero-order valence-corrected chi connectivity index (χ0v) is 13.6. The summed E-state index contributed by atoms with van der Waals surface area (Å²) in [6, 6.07) is 8.36. The van der Waals surface area contributed by atoms with Crippen LogP contribution < -0.4 is 5.69 Å². The van der Waals surface area contributed by atoms with Gasteiger partial charge in [0.05, 0.1) is 16.1 Å². The van der Waals surface area contributed by atoms with Crippen LogP contribution in [0.25, 0.3) is 21.5 Å². The third kappa shape index (κ3) is 2.28. The van der Waals surface area contributed by atoms with E-state index in [9.17, 15) is 4.79 Å². The Labute approximate surface area is 133 Å². The van der Waals surface area contributed by atoms with Crippen LogP contribution in [0.4, 0.5) is 0 Å². The first kappa shape index (κ1) is 13.7. The number of aromatic nitrogens is 2. The predicted molar refractivity (Wildman–Crippen MR) is 91.5 cm³/mol. The monoisotopic (exact) mass is 310 g/mol. The van der Waals surface area contributed by atoms with Crippen molar-refractivity contribution in [2.24, 2.45) is 5.92 Å². The summed E-state index contributed by atoms with van der Waals surface area (Å²) in [7, 11) is 0. The molecule has 0 saturated heterocycles. The van der Waals surface area contributed by atoms with Gasteiger partial charge >= 0.3 is 5.69 Å². The van der Waals surface area contributed by atoms with Crippen LogP contribution in [0.3, 0.4) is 0 Å². The average Bonchev–Trinajstić information content (AvgIpc) is 3.14. The maximum Gasteiger partial charge on any atom is 0.348 e. The summed E-state index contributed by atoms with van der Waals surface area (Å²) in [5, 5.41) is 3.12. The molecule has 0 N–H and O–H groups in total. The highest BCUT2D eigenvalue weighted by Crippen LogP contribution is 2.34. The smallest absolute Gasteiger partial charge is 0.292 e. The van der Waals surface area contributed by atoms with Gasteiger partial charge in [0.25, 0.3) is 0 Å². The van der Waals surface area contributed by atoms with E-state index >= 15 is 0 Å². The molecular formula is C18H18N2OS.